The Balaban J connectivity index is 2.38. The molecule has 0 saturated heterocycles. The molecule has 1 N–H and O–H groups in total. The van der Waals surface area contributed by atoms with E-state index in [1.165, 1.54) is 11.3 Å². The minimum atomic E-state index is -0.942. The summed E-state index contributed by atoms with van der Waals surface area (Å²) in [6.07, 6.45) is 0. The average molecular weight is 294 g/mol. The molecule has 0 bridgehead atoms. The highest BCUT2D eigenvalue weighted by atomic mass is 35.5. The van der Waals surface area contributed by atoms with E-state index in [-0.39, 0.29) is 10.7 Å². The Morgan fingerprint density at radius 2 is 2.12 bits per heavy atom. The maximum absolute atomic E-state index is 11.7. The Morgan fingerprint density at radius 3 is 2.59 bits per heavy atom. The zero-order chi connectivity index (χ0) is 13.1. The van der Waals surface area contributed by atoms with Gasteiger partial charge in [-0.15, -0.1) is 11.3 Å². The summed E-state index contributed by atoms with van der Waals surface area (Å²) < 4.78 is 12.1. The van der Waals surface area contributed by atoms with E-state index >= 15 is 0 Å². The van der Waals surface area contributed by atoms with Crippen LogP contribution in [0.15, 0.2) is 12.1 Å². The van der Waals surface area contributed by atoms with Gasteiger partial charge >= 0.3 is 0 Å². The van der Waals surface area contributed by atoms with Crippen molar-refractivity contribution in [2.24, 2.45) is 0 Å². The van der Waals surface area contributed by atoms with Crippen molar-refractivity contribution in [2.75, 3.05) is 12.3 Å². The molecule has 6 heteroatoms. The summed E-state index contributed by atoms with van der Waals surface area (Å²) in [5.41, 5.74) is 0. The van der Waals surface area contributed by atoms with Crippen molar-refractivity contribution in [3.63, 3.8) is 0 Å². The highest BCUT2D eigenvalue weighted by Crippen LogP contribution is 2.21. The minimum absolute atomic E-state index is 0.159. The topological polar surface area (TPSA) is 46.2 Å². The molecule has 1 atom stereocenters. The number of hydrogen-bond donors (Lipinski definition) is 1. The van der Waals surface area contributed by atoms with Gasteiger partial charge in [-0.3, -0.25) is 9.00 Å². The summed E-state index contributed by atoms with van der Waals surface area (Å²) in [4.78, 5) is 12.2. The lowest BCUT2D eigenvalue weighted by Gasteiger charge is -2.17. The molecule has 3 nitrogen and oxygen atoms in total. The van der Waals surface area contributed by atoms with Crippen LogP contribution in [0.4, 0.5) is 0 Å². The zero-order valence-electron chi connectivity index (χ0n) is 10.1. The number of amides is 1. The molecule has 0 aliphatic heterocycles. The molecule has 1 rings (SSSR count). The number of nitrogens with one attached hydrogen (secondary N) is 1. The molecule has 0 saturated carbocycles. The van der Waals surface area contributed by atoms with E-state index in [1.54, 1.807) is 12.1 Å². The second kappa shape index (κ2) is 5.98. The molecule has 17 heavy (non-hydrogen) atoms. The van der Waals surface area contributed by atoms with Crippen LogP contribution in [0.3, 0.4) is 0 Å². The predicted molar refractivity (Wildman–Crippen MR) is 74.4 cm³/mol. The molecule has 0 aliphatic rings. The molecule has 0 fully saturated rings. The lowest BCUT2D eigenvalue weighted by molar-refractivity contribution is 0.0960. The predicted octanol–water partition coefficient (Wildman–Crippen LogP) is 2.68. The monoisotopic (exact) mass is 293 g/mol. The molecule has 0 spiro atoms. The standard InChI is InChI=1S/C11H16ClNO2S2/c1-11(2,3)17(15)7-6-13-10(14)8-4-5-9(12)16-8/h4-5H,6-7H2,1-3H3,(H,13,14)/t17-/m0/s1. The third kappa shape index (κ3) is 4.77. The highest BCUT2D eigenvalue weighted by molar-refractivity contribution is 7.86. The molecule has 96 valence electrons. The van der Waals surface area contributed by atoms with Gasteiger partial charge in [0.15, 0.2) is 0 Å². The number of carbonyl (C=O) groups is 1. The van der Waals surface area contributed by atoms with Gasteiger partial charge in [0.05, 0.1) is 9.21 Å². The first-order valence-corrected chi connectivity index (χ1v) is 7.74. The van der Waals surface area contributed by atoms with E-state index in [9.17, 15) is 9.00 Å². The van der Waals surface area contributed by atoms with Crippen molar-refractivity contribution in [3.05, 3.63) is 21.3 Å². The minimum Gasteiger partial charge on any atom is -0.350 e. The van der Waals surface area contributed by atoms with Crippen LogP contribution in [-0.4, -0.2) is 27.2 Å². The summed E-state index contributed by atoms with van der Waals surface area (Å²) >= 11 is 6.98. The summed E-state index contributed by atoms with van der Waals surface area (Å²) in [5.74, 6) is 0.307. The Bertz CT molecular complexity index is 423. The first-order valence-electron chi connectivity index (χ1n) is 5.23. The van der Waals surface area contributed by atoms with Gasteiger partial charge in [0.2, 0.25) is 0 Å². The fourth-order valence-corrected chi connectivity index (χ4v) is 2.95. The number of halogens is 1. The van der Waals surface area contributed by atoms with Crippen molar-refractivity contribution in [1.82, 2.24) is 5.32 Å². The summed E-state index contributed by atoms with van der Waals surface area (Å²) in [6, 6.07) is 3.37. The van der Waals surface area contributed by atoms with Gasteiger partial charge in [-0.2, -0.15) is 0 Å². The second-order valence-corrected chi connectivity index (χ2v) is 8.56. The van der Waals surface area contributed by atoms with E-state index in [1.807, 2.05) is 20.8 Å². The van der Waals surface area contributed by atoms with Gasteiger partial charge in [0.25, 0.3) is 5.91 Å². The van der Waals surface area contributed by atoms with Crippen LogP contribution in [0.1, 0.15) is 30.4 Å². The van der Waals surface area contributed by atoms with Gasteiger partial charge in [-0.1, -0.05) is 11.6 Å². The van der Waals surface area contributed by atoms with E-state index in [2.05, 4.69) is 5.32 Å². The Hall–Kier alpha value is -0.390. The molecule has 0 radical (unpaired) electrons. The molecular weight excluding hydrogens is 278 g/mol. The molecule has 0 unspecified atom stereocenters. The van der Waals surface area contributed by atoms with Crippen LogP contribution >= 0.6 is 22.9 Å². The first kappa shape index (κ1) is 14.7. The maximum Gasteiger partial charge on any atom is 0.261 e. The van der Waals surface area contributed by atoms with E-state index < -0.39 is 10.8 Å². The Kier molecular flexibility index (Phi) is 5.16. The molecule has 0 aliphatic carbocycles. The van der Waals surface area contributed by atoms with E-state index in [0.717, 1.165) is 0 Å². The summed E-state index contributed by atoms with van der Waals surface area (Å²) in [5, 5.41) is 2.74. The first-order chi connectivity index (χ1) is 7.80. The van der Waals surface area contributed by atoms with Crippen molar-refractivity contribution in [2.45, 2.75) is 25.5 Å². The van der Waals surface area contributed by atoms with Gasteiger partial charge < -0.3 is 5.32 Å². The molecule has 1 aromatic heterocycles. The van der Waals surface area contributed by atoms with Crippen molar-refractivity contribution < 1.29 is 9.00 Å². The molecule has 0 aromatic carbocycles. The van der Waals surface area contributed by atoms with Crippen molar-refractivity contribution in [3.8, 4) is 0 Å². The van der Waals surface area contributed by atoms with Crippen LogP contribution in [-0.2, 0) is 10.8 Å². The fraction of sp³-hybridized carbons (Fsp3) is 0.545. The van der Waals surface area contributed by atoms with Crippen molar-refractivity contribution >= 4 is 39.6 Å². The van der Waals surface area contributed by atoms with Gasteiger partial charge in [-0.25, -0.2) is 0 Å². The smallest absolute Gasteiger partial charge is 0.261 e. The van der Waals surface area contributed by atoms with Gasteiger partial charge in [0.1, 0.15) is 0 Å². The SMILES string of the molecule is CC(C)(C)[S@@](=O)CCNC(=O)c1ccc(Cl)s1. The number of thiophene rings is 1. The lowest BCUT2D eigenvalue weighted by atomic mass is 10.3. The van der Waals surface area contributed by atoms with Crippen molar-refractivity contribution in [1.29, 1.82) is 0 Å². The van der Waals surface area contributed by atoms with E-state index in [4.69, 9.17) is 11.6 Å². The third-order valence-corrected chi connectivity index (χ3v) is 5.22. The molecule has 1 heterocycles. The largest absolute Gasteiger partial charge is 0.350 e. The van der Waals surface area contributed by atoms with Crippen LogP contribution in [0.25, 0.3) is 0 Å². The summed E-state index contributed by atoms with van der Waals surface area (Å²) in [6.45, 7) is 6.18. The van der Waals surface area contributed by atoms with Crippen LogP contribution in [0, 0.1) is 0 Å². The second-order valence-electron chi connectivity index (χ2n) is 4.52. The van der Waals surface area contributed by atoms with E-state index in [0.29, 0.717) is 21.5 Å². The molecular formula is C11H16ClNO2S2. The molecule has 1 aromatic rings. The molecule has 1 amide bonds. The van der Waals surface area contributed by atoms with Crippen LogP contribution in [0.5, 0.6) is 0 Å². The van der Waals surface area contributed by atoms with Crippen LogP contribution in [0.2, 0.25) is 4.34 Å². The van der Waals surface area contributed by atoms with Gasteiger partial charge in [0, 0.05) is 27.8 Å². The number of hydrogen-bond acceptors (Lipinski definition) is 3. The fourth-order valence-electron chi connectivity index (χ4n) is 1.09. The summed E-state index contributed by atoms with van der Waals surface area (Å²) in [7, 11) is -0.942. The average Bonchev–Trinajstić information content (AvgIpc) is 2.63. The Morgan fingerprint density at radius 1 is 1.47 bits per heavy atom. The van der Waals surface area contributed by atoms with Crippen LogP contribution < -0.4 is 5.32 Å². The Labute approximate surface area is 113 Å². The quantitative estimate of drug-likeness (QED) is 0.928. The van der Waals surface area contributed by atoms with Gasteiger partial charge in [-0.05, 0) is 32.9 Å². The third-order valence-electron chi connectivity index (χ3n) is 2.05. The highest BCUT2D eigenvalue weighted by Gasteiger charge is 2.19. The number of rotatable bonds is 4. The number of carbonyl (C=O) groups excluding carboxylic acids is 1. The maximum atomic E-state index is 11.7. The normalized spacial score (nSPS) is 13.4. The lowest BCUT2D eigenvalue weighted by Crippen LogP contribution is -2.32. The zero-order valence-corrected chi connectivity index (χ0v) is 12.5.